The Labute approximate surface area is 186 Å². The fourth-order valence-corrected chi connectivity index (χ4v) is 3.90. The van der Waals surface area contributed by atoms with Crippen LogP contribution in [0.5, 0.6) is 0 Å². The van der Waals surface area contributed by atoms with Crippen LogP contribution >= 0.6 is 24.0 Å². The monoisotopic (exact) mass is 503 g/mol. The van der Waals surface area contributed by atoms with E-state index in [-0.39, 0.29) is 29.8 Å². The van der Waals surface area contributed by atoms with Gasteiger partial charge in [0.25, 0.3) is 0 Å². The van der Waals surface area contributed by atoms with Crippen molar-refractivity contribution in [2.45, 2.75) is 58.2 Å². The molecule has 1 saturated heterocycles. The van der Waals surface area contributed by atoms with E-state index in [9.17, 15) is 4.39 Å². The number of hydrogen-bond acceptors (Lipinski definition) is 3. The Hall–Kier alpha value is -1.09. The van der Waals surface area contributed by atoms with Gasteiger partial charge in [0, 0.05) is 51.9 Å². The third-order valence-corrected chi connectivity index (χ3v) is 5.73. The van der Waals surface area contributed by atoms with Crippen molar-refractivity contribution in [3.05, 3.63) is 29.6 Å². The first kappa shape index (κ1) is 23.2. The van der Waals surface area contributed by atoms with E-state index in [1.165, 1.54) is 25.9 Å². The maximum Gasteiger partial charge on any atom is 0.191 e. The summed E-state index contributed by atoms with van der Waals surface area (Å²) in [4.78, 5) is 8.99. The van der Waals surface area contributed by atoms with Gasteiger partial charge < -0.3 is 20.4 Å². The summed E-state index contributed by atoms with van der Waals surface area (Å²) in [6.07, 6.45) is 5.07. The second kappa shape index (κ2) is 11.2. The molecule has 0 spiro atoms. The van der Waals surface area contributed by atoms with Crippen molar-refractivity contribution in [2.75, 3.05) is 38.1 Å². The number of likely N-dealkylation sites (tertiary alicyclic amines) is 1. The lowest BCUT2D eigenvalue weighted by atomic mass is 10.1. The first-order valence-electron chi connectivity index (χ1n) is 10.4. The molecule has 0 aromatic heterocycles. The number of anilines is 1. The maximum atomic E-state index is 14.4. The molecule has 1 heterocycles. The van der Waals surface area contributed by atoms with Crippen molar-refractivity contribution in [3.8, 4) is 0 Å². The number of nitrogens with one attached hydrogen (secondary N) is 2. The smallest absolute Gasteiger partial charge is 0.191 e. The van der Waals surface area contributed by atoms with E-state index >= 15 is 0 Å². The van der Waals surface area contributed by atoms with Crippen molar-refractivity contribution in [1.29, 1.82) is 0 Å². The minimum absolute atomic E-state index is 0. The number of hydrogen-bond donors (Lipinski definition) is 2. The predicted octanol–water partition coefficient (Wildman–Crippen LogP) is 3.58. The van der Waals surface area contributed by atoms with Crippen LogP contribution in [0, 0.1) is 5.82 Å². The van der Waals surface area contributed by atoms with Crippen molar-refractivity contribution in [1.82, 2.24) is 15.5 Å². The molecular weight excluding hydrogens is 468 g/mol. The summed E-state index contributed by atoms with van der Waals surface area (Å²) < 4.78 is 14.4. The Morgan fingerprint density at radius 2 is 1.86 bits per heavy atom. The molecule has 7 heteroatoms. The number of nitrogens with zero attached hydrogens (tertiary/aromatic N) is 3. The lowest BCUT2D eigenvalue weighted by Gasteiger charge is -2.33. The highest BCUT2D eigenvalue weighted by atomic mass is 127. The Bertz CT molecular complexity index is 638. The molecule has 0 bridgehead atoms. The highest BCUT2D eigenvalue weighted by Gasteiger charge is 2.31. The van der Waals surface area contributed by atoms with Crippen molar-refractivity contribution >= 4 is 35.6 Å². The van der Waals surface area contributed by atoms with E-state index in [0.717, 1.165) is 43.5 Å². The third-order valence-electron chi connectivity index (χ3n) is 5.73. The predicted molar refractivity (Wildman–Crippen MR) is 126 cm³/mol. The summed E-state index contributed by atoms with van der Waals surface area (Å²) >= 11 is 0. The van der Waals surface area contributed by atoms with E-state index in [4.69, 9.17) is 0 Å². The molecule has 1 aromatic rings. The summed E-state index contributed by atoms with van der Waals surface area (Å²) in [6, 6.07) is 6.82. The SMILES string of the molecule is CCN(CC)c1ccc(CNC(=NC)NC2CCN(C3CC3)CC2)cc1F.I. The summed E-state index contributed by atoms with van der Waals surface area (Å²) in [7, 11) is 1.79. The normalized spacial score (nSPS) is 18.5. The number of benzene rings is 1. The fourth-order valence-electron chi connectivity index (χ4n) is 3.90. The largest absolute Gasteiger partial charge is 0.370 e. The second-order valence-corrected chi connectivity index (χ2v) is 7.57. The van der Waals surface area contributed by atoms with Crippen molar-refractivity contribution < 1.29 is 4.39 Å². The molecule has 2 N–H and O–H groups in total. The molecule has 1 aliphatic carbocycles. The van der Waals surface area contributed by atoms with Gasteiger partial charge in [0.2, 0.25) is 0 Å². The molecule has 0 atom stereocenters. The highest BCUT2D eigenvalue weighted by Crippen LogP contribution is 2.29. The van der Waals surface area contributed by atoms with Crippen molar-refractivity contribution in [3.63, 3.8) is 0 Å². The van der Waals surface area contributed by atoms with Crippen LogP contribution in [-0.4, -0.2) is 56.2 Å². The summed E-state index contributed by atoms with van der Waals surface area (Å²) in [5.74, 6) is 0.640. The maximum absolute atomic E-state index is 14.4. The summed E-state index contributed by atoms with van der Waals surface area (Å²) in [5.41, 5.74) is 1.60. The Morgan fingerprint density at radius 1 is 1.18 bits per heavy atom. The first-order valence-corrected chi connectivity index (χ1v) is 10.4. The highest BCUT2D eigenvalue weighted by molar-refractivity contribution is 14.0. The van der Waals surface area contributed by atoms with Gasteiger partial charge in [0.15, 0.2) is 5.96 Å². The van der Waals surface area contributed by atoms with Crippen LogP contribution in [0.25, 0.3) is 0 Å². The van der Waals surface area contributed by atoms with Gasteiger partial charge in [-0.05, 0) is 57.2 Å². The number of guanidine groups is 1. The minimum Gasteiger partial charge on any atom is -0.370 e. The molecule has 1 saturated carbocycles. The van der Waals surface area contributed by atoms with Gasteiger partial charge >= 0.3 is 0 Å². The molecule has 28 heavy (non-hydrogen) atoms. The quantitative estimate of drug-likeness (QED) is 0.339. The summed E-state index contributed by atoms with van der Waals surface area (Å²) in [5, 5.41) is 6.86. The van der Waals surface area contributed by atoms with Gasteiger partial charge in [0.1, 0.15) is 5.82 Å². The minimum atomic E-state index is -0.159. The van der Waals surface area contributed by atoms with E-state index in [1.54, 1.807) is 13.1 Å². The lowest BCUT2D eigenvalue weighted by Crippen LogP contribution is -2.48. The van der Waals surface area contributed by atoms with Gasteiger partial charge in [-0.1, -0.05) is 6.07 Å². The van der Waals surface area contributed by atoms with Crippen molar-refractivity contribution in [2.24, 2.45) is 4.99 Å². The molecular formula is C21H35FIN5. The number of aliphatic imine (C=N–C) groups is 1. The Kier molecular flexibility index (Phi) is 9.27. The molecule has 0 amide bonds. The molecule has 2 fully saturated rings. The van der Waals surface area contributed by atoms with Gasteiger partial charge in [-0.3, -0.25) is 4.99 Å². The molecule has 5 nitrogen and oxygen atoms in total. The summed E-state index contributed by atoms with van der Waals surface area (Å²) in [6.45, 7) is 8.62. The van der Waals surface area contributed by atoms with Gasteiger partial charge in [-0.25, -0.2) is 4.39 Å². The van der Waals surface area contributed by atoms with Gasteiger partial charge in [-0.15, -0.1) is 24.0 Å². The van der Waals surface area contributed by atoms with Gasteiger partial charge in [-0.2, -0.15) is 0 Å². The average molecular weight is 503 g/mol. The third kappa shape index (κ3) is 6.20. The molecule has 0 radical (unpaired) electrons. The van der Waals surface area contributed by atoms with Crippen LogP contribution in [0.4, 0.5) is 10.1 Å². The van der Waals surface area contributed by atoms with E-state index < -0.39 is 0 Å². The van der Waals surface area contributed by atoms with Crippen LogP contribution in [0.2, 0.25) is 0 Å². The van der Waals surface area contributed by atoms with Crippen LogP contribution in [0.1, 0.15) is 45.1 Å². The topological polar surface area (TPSA) is 42.9 Å². The molecule has 3 rings (SSSR count). The number of rotatable bonds is 7. The van der Waals surface area contributed by atoms with Crippen LogP contribution in [0.3, 0.4) is 0 Å². The second-order valence-electron chi connectivity index (χ2n) is 7.57. The molecule has 2 aliphatic rings. The number of piperidine rings is 1. The molecule has 1 aliphatic heterocycles. The van der Waals surface area contributed by atoms with Crippen LogP contribution in [0.15, 0.2) is 23.2 Å². The zero-order valence-electron chi connectivity index (χ0n) is 17.4. The van der Waals surface area contributed by atoms with E-state index in [1.807, 2.05) is 30.9 Å². The fraction of sp³-hybridized carbons (Fsp3) is 0.667. The zero-order chi connectivity index (χ0) is 19.2. The van der Waals surface area contributed by atoms with Crippen LogP contribution < -0.4 is 15.5 Å². The Balaban J connectivity index is 0.00000280. The van der Waals surface area contributed by atoms with E-state index in [0.29, 0.717) is 18.3 Å². The first-order chi connectivity index (χ1) is 13.1. The zero-order valence-corrected chi connectivity index (χ0v) is 19.7. The number of halogens is 2. The Morgan fingerprint density at radius 3 is 2.39 bits per heavy atom. The molecule has 0 unspecified atom stereocenters. The van der Waals surface area contributed by atoms with Crippen LogP contribution in [-0.2, 0) is 6.54 Å². The van der Waals surface area contributed by atoms with Gasteiger partial charge in [0.05, 0.1) is 5.69 Å². The lowest BCUT2D eigenvalue weighted by molar-refractivity contribution is 0.197. The average Bonchev–Trinajstić information content (AvgIpc) is 3.53. The molecule has 1 aromatic carbocycles. The molecule has 158 valence electrons. The van der Waals surface area contributed by atoms with E-state index in [2.05, 4.69) is 20.5 Å². The standard InChI is InChI=1S/C21H34FN5.HI/c1-4-26(5-2)20-9-6-16(14-19(20)22)15-24-21(23-3)25-17-10-12-27(13-11-17)18-7-8-18;/h6,9,14,17-18H,4-5,7-8,10-13,15H2,1-3H3,(H2,23,24,25);1H.